The molecule has 2 aromatic carbocycles. The smallest absolute Gasteiger partial charge is 0.287 e. The molecule has 0 saturated heterocycles. The van der Waals surface area contributed by atoms with Gasteiger partial charge in [-0.3, -0.25) is 14.9 Å². The molecule has 3 aromatic rings. The summed E-state index contributed by atoms with van der Waals surface area (Å²) < 4.78 is 10.8. The minimum absolute atomic E-state index is 0.0335. The summed E-state index contributed by atoms with van der Waals surface area (Å²) in [5.74, 6) is 0.427. The number of nitrogens with zero attached hydrogens (tertiary/aromatic N) is 1. The van der Waals surface area contributed by atoms with Crippen molar-refractivity contribution in [2.45, 2.75) is 13.5 Å². The Kier molecular flexibility index (Phi) is 4.38. The SMILES string of the molecule is COc1ccc2oc(C(=O)NCc3ccccc3[N+](=O)[O-])c(C)c2c1. The van der Waals surface area contributed by atoms with Crippen LogP contribution in [0.1, 0.15) is 21.7 Å². The van der Waals surface area contributed by atoms with Crippen molar-refractivity contribution in [1.82, 2.24) is 5.32 Å². The monoisotopic (exact) mass is 340 g/mol. The van der Waals surface area contributed by atoms with Gasteiger partial charge < -0.3 is 14.5 Å². The Balaban J connectivity index is 1.84. The fourth-order valence-corrected chi connectivity index (χ4v) is 2.64. The molecule has 0 fully saturated rings. The van der Waals surface area contributed by atoms with Crippen molar-refractivity contribution in [3.05, 3.63) is 69.5 Å². The molecule has 1 heterocycles. The standard InChI is InChI=1S/C18H16N2O5/c1-11-14-9-13(24-2)7-8-16(14)25-17(11)18(21)19-10-12-5-3-4-6-15(12)20(22)23/h3-9H,10H2,1-2H3,(H,19,21). The second-order valence-corrected chi connectivity index (χ2v) is 5.49. The van der Waals surface area contributed by atoms with Crippen LogP contribution in [0, 0.1) is 17.0 Å². The average molecular weight is 340 g/mol. The predicted molar refractivity (Wildman–Crippen MR) is 91.8 cm³/mol. The number of methoxy groups -OCH3 is 1. The van der Waals surface area contributed by atoms with E-state index in [4.69, 9.17) is 9.15 Å². The molecule has 25 heavy (non-hydrogen) atoms. The Morgan fingerprint density at radius 2 is 2.04 bits per heavy atom. The molecule has 1 amide bonds. The number of aryl methyl sites for hydroxylation is 1. The molecule has 0 atom stereocenters. The lowest BCUT2D eigenvalue weighted by atomic mass is 10.1. The third kappa shape index (κ3) is 3.16. The first-order valence-electron chi connectivity index (χ1n) is 7.59. The van der Waals surface area contributed by atoms with Crippen LogP contribution in [0.5, 0.6) is 5.75 Å². The highest BCUT2D eigenvalue weighted by Gasteiger charge is 2.19. The van der Waals surface area contributed by atoms with E-state index >= 15 is 0 Å². The first kappa shape index (κ1) is 16.5. The molecule has 7 heteroatoms. The van der Waals surface area contributed by atoms with Gasteiger partial charge in [-0.05, 0) is 25.1 Å². The summed E-state index contributed by atoms with van der Waals surface area (Å²) >= 11 is 0. The Hall–Kier alpha value is -3.35. The summed E-state index contributed by atoms with van der Waals surface area (Å²) in [4.78, 5) is 23.0. The third-order valence-electron chi connectivity index (χ3n) is 3.98. The number of nitro benzene ring substituents is 1. The highest BCUT2D eigenvalue weighted by atomic mass is 16.6. The van der Waals surface area contributed by atoms with Gasteiger partial charge in [0, 0.05) is 29.1 Å². The number of nitro groups is 1. The first-order chi connectivity index (χ1) is 12.0. The lowest BCUT2D eigenvalue weighted by molar-refractivity contribution is -0.385. The summed E-state index contributed by atoms with van der Waals surface area (Å²) in [7, 11) is 1.57. The summed E-state index contributed by atoms with van der Waals surface area (Å²) in [6.07, 6.45) is 0. The number of hydrogen-bond donors (Lipinski definition) is 1. The number of carbonyl (C=O) groups is 1. The van der Waals surface area contributed by atoms with Crippen LogP contribution in [0.25, 0.3) is 11.0 Å². The number of para-hydroxylation sites is 1. The number of carbonyl (C=O) groups excluding carboxylic acids is 1. The van der Waals surface area contributed by atoms with E-state index in [-0.39, 0.29) is 18.0 Å². The van der Waals surface area contributed by atoms with Gasteiger partial charge in [-0.2, -0.15) is 0 Å². The molecule has 0 spiro atoms. The van der Waals surface area contributed by atoms with E-state index in [0.717, 1.165) is 5.39 Å². The Bertz CT molecular complexity index is 961. The molecular weight excluding hydrogens is 324 g/mol. The molecule has 0 unspecified atom stereocenters. The van der Waals surface area contributed by atoms with Gasteiger partial charge in [0.25, 0.3) is 11.6 Å². The van der Waals surface area contributed by atoms with Crippen molar-refractivity contribution >= 4 is 22.6 Å². The molecule has 0 bridgehead atoms. The number of nitrogens with one attached hydrogen (secondary N) is 1. The van der Waals surface area contributed by atoms with Crippen LogP contribution in [0.4, 0.5) is 5.69 Å². The van der Waals surface area contributed by atoms with Crippen LogP contribution >= 0.6 is 0 Å². The molecule has 3 rings (SSSR count). The second-order valence-electron chi connectivity index (χ2n) is 5.49. The maximum absolute atomic E-state index is 12.4. The maximum Gasteiger partial charge on any atom is 0.287 e. The summed E-state index contributed by atoms with van der Waals surface area (Å²) in [5, 5.41) is 14.5. The molecule has 0 aliphatic carbocycles. The summed E-state index contributed by atoms with van der Waals surface area (Å²) in [6, 6.07) is 11.6. The molecule has 0 radical (unpaired) electrons. The molecule has 0 aliphatic rings. The first-order valence-corrected chi connectivity index (χ1v) is 7.59. The van der Waals surface area contributed by atoms with Crippen LogP contribution in [0.3, 0.4) is 0 Å². The van der Waals surface area contributed by atoms with Gasteiger partial charge in [0.2, 0.25) is 0 Å². The average Bonchev–Trinajstić information content (AvgIpc) is 2.96. The van der Waals surface area contributed by atoms with Crippen molar-refractivity contribution in [2.24, 2.45) is 0 Å². The van der Waals surface area contributed by atoms with Crippen molar-refractivity contribution in [3.63, 3.8) is 0 Å². The zero-order valence-corrected chi connectivity index (χ0v) is 13.7. The third-order valence-corrected chi connectivity index (χ3v) is 3.98. The molecular formula is C18H16N2O5. The lowest BCUT2D eigenvalue weighted by Crippen LogP contribution is -2.23. The largest absolute Gasteiger partial charge is 0.497 e. The zero-order chi connectivity index (χ0) is 18.0. The molecule has 1 aromatic heterocycles. The van der Waals surface area contributed by atoms with Crippen LogP contribution in [0.15, 0.2) is 46.9 Å². The number of rotatable bonds is 5. The van der Waals surface area contributed by atoms with E-state index in [9.17, 15) is 14.9 Å². The summed E-state index contributed by atoms with van der Waals surface area (Å²) in [5.41, 5.74) is 1.66. The van der Waals surface area contributed by atoms with Gasteiger partial charge in [0.1, 0.15) is 11.3 Å². The quantitative estimate of drug-likeness (QED) is 0.566. The van der Waals surface area contributed by atoms with Gasteiger partial charge >= 0.3 is 0 Å². The van der Waals surface area contributed by atoms with E-state index in [2.05, 4.69) is 5.32 Å². The van der Waals surface area contributed by atoms with Gasteiger partial charge in [0.15, 0.2) is 5.76 Å². The van der Waals surface area contributed by atoms with Gasteiger partial charge in [0.05, 0.1) is 12.0 Å². The molecule has 7 nitrogen and oxygen atoms in total. The summed E-state index contributed by atoms with van der Waals surface area (Å²) in [6.45, 7) is 1.82. The number of furan rings is 1. The van der Waals surface area contributed by atoms with Crippen molar-refractivity contribution < 1.29 is 18.9 Å². The highest BCUT2D eigenvalue weighted by molar-refractivity contribution is 5.99. The Morgan fingerprint density at radius 3 is 2.76 bits per heavy atom. The molecule has 0 aliphatic heterocycles. The molecule has 128 valence electrons. The van der Waals surface area contributed by atoms with Crippen LogP contribution in [-0.4, -0.2) is 17.9 Å². The van der Waals surface area contributed by atoms with E-state index < -0.39 is 10.8 Å². The lowest BCUT2D eigenvalue weighted by Gasteiger charge is -2.05. The normalized spacial score (nSPS) is 10.6. The minimum Gasteiger partial charge on any atom is -0.497 e. The fourth-order valence-electron chi connectivity index (χ4n) is 2.64. The number of hydrogen-bond acceptors (Lipinski definition) is 5. The number of ether oxygens (including phenoxy) is 1. The van der Waals surface area contributed by atoms with Gasteiger partial charge in [-0.15, -0.1) is 0 Å². The minimum atomic E-state index is -0.472. The van der Waals surface area contributed by atoms with Crippen LogP contribution in [0.2, 0.25) is 0 Å². The second kappa shape index (κ2) is 6.64. The zero-order valence-electron chi connectivity index (χ0n) is 13.7. The number of fused-ring (bicyclic) bond motifs is 1. The van der Waals surface area contributed by atoms with Crippen molar-refractivity contribution in [1.29, 1.82) is 0 Å². The number of amides is 1. The molecule has 0 saturated carbocycles. The van der Waals surface area contributed by atoms with Crippen LogP contribution in [-0.2, 0) is 6.54 Å². The highest BCUT2D eigenvalue weighted by Crippen LogP contribution is 2.28. The Labute approximate surface area is 143 Å². The van der Waals surface area contributed by atoms with Gasteiger partial charge in [-0.1, -0.05) is 18.2 Å². The van der Waals surface area contributed by atoms with E-state index in [1.807, 2.05) is 0 Å². The van der Waals surface area contributed by atoms with Gasteiger partial charge in [-0.25, -0.2) is 0 Å². The Morgan fingerprint density at radius 1 is 1.28 bits per heavy atom. The van der Waals surface area contributed by atoms with E-state index in [0.29, 0.717) is 22.5 Å². The van der Waals surface area contributed by atoms with Crippen LogP contribution < -0.4 is 10.1 Å². The van der Waals surface area contributed by atoms with Crippen molar-refractivity contribution in [3.8, 4) is 5.75 Å². The van der Waals surface area contributed by atoms with E-state index in [1.54, 1.807) is 50.4 Å². The van der Waals surface area contributed by atoms with Crippen molar-refractivity contribution in [2.75, 3.05) is 7.11 Å². The maximum atomic E-state index is 12.4. The topological polar surface area (TPSA) is 94.6 Å². The van der Waals surface area contributed by atoms with E-state index in [1.165, 1.54) is 6.07 Å². The molecule has 1 N–H and O–H groups in total. The predicted octanol–water partition coefficient (Wildman–Crippen LogP) is 3.59. The number of benzene rings is 2. The fraction of sp³-hybridized carbons (Fsp3) is 0.167.